The topological polar surface area (TPSA) is 55.4 Å². The second-order valence-corrected chi connectivity index (χ2v) is 5.51. The van der Waals surface area contributed by atoms with Crippen LogP contribution in [0.15, 0.2) is 23.1 Å². The Hall–Kier alpha value is -1.23. The molecule has 1 heterocycles. The highest BCUT2D eigenvalue weighted by atomic mass is 32.2. The maximum atomic E-state index is 11.9. The maximum absolute atomic E-state index is 11.9. The number of rotatable bonds is 1. The summed E-state index contributed by atoms with van der Waals surface area (Å²) in [4.78, 5) is 0.347. The monoisotopic (exact) mass is 227 g/mol. The van der Waals surface area contributed by atoms with E-state index in [9.17, 15) is 8.42 Å². The van der Waals surface area contributed by atoms with Crippen LogP contribution in [0.3, 0.4) is 0 Å². The third kappa shape index (κ3) is 1.79. The van der Waals surface area contributed by atoms with Crippen molar-refractivity contribution >= 4 is 15.5 Å². The molecular formula is C10H13NO3S. The Bertz CT molecular complexity index is 468. The van der Waals surface area contributed by atoms with Gasteiger partial charge in [-0.2, -0.15) is 0 Å². The average molecular weight is 227 g/mol. The molecule has 0 amide bonds. The van der Waals surface area contributed by atoms with E-state index in [-0.39, 0.29) is 5.75 Å². The molecule has 0 spiro atoms. The van der Waals surface area contributed by atoms with E-state index in [2.05, 4.69) is 5.32 Å². The van der Waals surface area contributed by atoms with Gasteiger partial charge in [0.1, 0.15) is 5.75 Å². The first-order valence-corrected chi connectivity index (χ1v) is 6.44. The Labute approximate surface area is 89.2 Å². The number of fused-ring (bicyclic) bond motifs is 1. The fraction of sp³-hybridized carbons (Fsp3) is 0.400. The quantitative estimate of drug-likeness (QED) is 0.785. The van der Waals surface area contributed by atoms with Gasteiger partial charge in [0.05, 0.1) is 23.4 Å². The van der Waals surface area contributed by atoms with Crippen molar-refractivity contribution in [3.05, 3.63) is 18.2 Å². The summed E-state index contributed by atoms with van der Waals surface area (Å²) in [6.45, 7) is 0.659. The molecule has 0 atom stereocenters. The third-order valence-electron chi connectivity index (χ3n) is 2.43. The molecule has 2 rings (SSSR count). The van der Waals surface area contributed by atoms with Gasteiger partial charge >= 0.3 is 0 Å². The van der Waals surface area contributed by atoms with Gasteiger partial charge in [0, 0.05) is 6.54 Å². The molecule has 0 aliphatic carbocycles. The number of benzene rings is 1. The normalized spacial score (nSPS) is 18.5. The Morgan fingerprint density at radius 1 is 1.40 bits per heavy atom. The Kier molecular flexibility index (Phi) is 2.56. The highest BCUT2D eigenvalue weighted by Crippen LogP contribution is 2.33. The van der Waals surface area contributed by atoms with Crippen LogP contribution in [0.1, 0.15) is 6.42 Å². The van der Waals surface area contributed by atoms with E-state index in [0.717, 1.165) is 0 Å². The van der Waals surface area contributed by atoms with Gasteiger partial charge in [-0.3, -0.25) is 0 Å². The summed E-state index contributed by atoms with van der Waals surface area (Å²) in [5, 5.41) is 3.10. The van der Waals surface area contributed by atoms with Crippen molar-refractivity contribution in [1.82, 2.24) is 0 Å². The van der Waals surface area contributed by atoms with Crippen LogP contribution in [0.4, 0.5) is 5.69 Å². The molecule has 0 radical (unpaired) electrons. The van der Waals surface area contributed by atoms with Crippen molar-refractivity contribution in [2.75, 3.05) is 24.7 Å². The molecule has 1 aromatic carbocycles. The standard InChI is InChI=1S/C10H13NO3S/c1-14-8-4-2-5-9-10(8)11-6-3-7-15(9,12)13/h2,4-5,11H,3,6-7H2,1H3. The second-order valence-electron chi connectivity index (χ2n) is 3.43. The lowest BCUT2D eigenvalue weighted by atomic mass is 10.3. The lowest BCUT2D eigenvalue weighted by molar-refractivity contribution is 0.415. The molecule has 15 heavy (non-hydrogen) atoms. The van der Waals surface area contributed by atoms with Crippen molar-refractivity contribution in [3.63, 3.8) is 0 Å². The van der Waals surface area contributed by atoms with Gasteiger partial charge in [0.15, 0.2) is 9.84 Å². The van der Waals surface area contributed by atoms with Crippen LogP contribution in [-0.2, 0) is 9.84 Å². The molecule has 1 aromatic rings. The van der Waals surface area contributed by atoms with Gasteiger partial charge in [-0.25, -0.2) is 8.42 Å². The van der Waals surface area contributed by atoms with Crippen molar-refractivity contribution in [3.8, 4) is 5.75 Å². The van der Waals surface area contributed by atoms with Crippen molar-refractivity contribution in [2.45, 2.75) is 11.3 Å². The third-order valence-corrected chi connectivity index (χ3v) is 4.27. The van der Waals surface area contributed by atoms with Crippen LogP contribution in [0, 0.1) is 0 Å². The lowest BCUT2D eigenvalue weighted by Gasteiger charge is -2.11. The summed E-state index contributed by atoms with van der Waals surface area (Å²) < 4.78 is 28.9. The lowest BCUT2D eigenvalue weighted by Crippen LogP contribution is -2.05. The first kappa shape index (κ1) is 10.3. The fourth-order valence-corrected chi connectivity index (χ4v) is 3.21. The summed E-state index contributed by atoms with van der Waals surface area (Å²) in [6.07, 6.45) is 0.625. The van der Waals surface area contributed by atoms with E-state index in [4.69, 9.17) is 4.74 Å². The van der Waals surface area contributed by atoms with Gasteiger partial charge < -0.3 is 10.1 Å². The number of nitrogens with one attached hydrogen (secondary N) is 1. The molecule has 0 bridgehead atoms. The van der Waals surface area contributed by atoms with Gasteiger partial charge in [-0.15, -0.1) is 0 Å². The summed E-state index contributed by atoms with van der Waals surface area (Å²) >= 11 is 0. The first-order chi connectivity index (χ1) is 7.15. The molecule has 4 nitrogen and oxygen atoms in total. The van der Waals surface area contributed by atoms with E-state index >= 15 is 0 Å². The predicted octanol–water partition coefficient (Wildman–Crippen LogP) is 1.28. The van der Waals surface area contributed by atoms with E-state index in [0.29, 0.717) is 29.3 Å². The van der Waals surface area contributed by atoms with Crippen LogP contribution in [0.5, 0.6) is 5.75 Å². The van der Waals surface area contributed by atoms with E-state index < -0.39 is 9.84 Å². The zero-order chi connectivity index (χ0) is 10.9. The highest BCUT2D eigenvalue weighted by Gasteiger charge is 2.23. The van der Waals surface area contributed by atoms with Crippen LogP contribution in [0.2, 0.25) is 0 Å². The number of hydrogen-bond acceptors (Lipinski definition) is 4. The van der Waals surface area contributed by atoms with E-state index in [1.807, 2.05) is 0 Å². The zero-order valence-electron chi connectivity index (χ0n) is 8.49. The largest absolute Gasteiger partial charge is 0.495 e. The summed E-state index contributed by atoms with van der Waals surface area (Å²) in [5.41, 5.74) is 0.595. The van der Waals surface area contributed by atoms with Gasteiger partial charge in [0.2, 0.25) is 0 Å². The molecule has 82 valence electrons. The molecule has 1 aliphatic heterocycles. The minimum atomic E-state index is -3.15. The van der Waals surface area contributed by atoms with Crippen LogP contribution < -0.4 is 10.1 Å². The summed E-state index contributed by atoms with van der Waals surface area (Å²) in [7, 11) is -1.62. The summed E-state index contributed by atoms with van der Waals surface area (Å²) in [5.74, 6) is 0.776. The number of methoxy groups -OCH3 is 1. The second kappa shape index (κ2) is 3.73. The average Bonchev–Trinajstić information content (AvgIpc) is 2.38. The maximum Gasteiger partial charge on any atom is 0.180 e. The number of hydrogen-bond donors (Lipinski definition) is 1. The molecule has 0 aromatic heterocycles. The molecule has 0 saturated carbocycles. The molecular weight excluding hydrogens is 214 g/mol. The molecule has 0 fully saturated rings. The number of anilines is 1. The van der Waals surface area contributed by atoms with Gasteiger partial charge in [-0.1, -0.05) is 6.07 Å². The SMILES string of the molecule is COc1cccc2c1NCCCS2(=O)=O. The van der Waals surface area contributed by atoms with Crippen LogP contribution in [0.25, 0.3) is 0 Å². The van der Waals surface area contributed by atoms with Gasteiger partial charge in [0.25, 0.3) is 0 Å². The predicted molar refractivity (Wildman–Crippen MR) is 58.2 cm³/mol. The highest BCUT2D eigenvalue weighted by molar-refractivity contribution is 7.91. The Morgan fingerprint density at radius 3 is 2.93 bits per heavy atom. The van der Waals surface area contributed by atoms with E-state index in [1.54, 1.807) is 18.2 Å². The molecule has 5 heteroatoms. The minimum Gasteiger partial charge on any atom is -0.495 e. The minimum absolute atomic E-state index is 0.195. The molecule has 0 saturated heterocycles. The summed E-state index contributed by atoms with van der Waals surface area (Å²) in [6, 6.07) is 5.07. The molecule has 0 unspecified atom stereocenters. The van der Waals surface area contributed by atoms with Crippen molar-refractivity contribution in [1.29, 1.82) is 0 Å². The number of sulfone groups is 1. The van der Waals surface area contributed by atoms with Crippen LogP contribution in [-0.4, -0.2) is 27.8 Å². The van der Waals surface area contributed by atoms with Crippen molar-refractivity contribution in [2.24, 2.45) is 0 Å². The van der Waals surface area contributed by atoms with Crippen molar-refractivity contribution < 1.29 is 13.2 Å². The molecule has 1 N–H and O–H groups in total. The van der Waals surface area contributed by atoms with Gasteiger partial charge in [-0.05, 0) is 18.6 Å². The van der Waals surface area contributed by atoms with E-state index in [1.165, 1.54) is 7.11 Å². The van der Waals surface area contributed by atoms with Crippen LogP contribution >= 0.6 is 0 Å². The number of para-hydroxylation sites is 1. The Morgan fingerprint density at radius 2 is 2.20 bits per heavy atom. The zero-order valence-corrected chi connectivity index (χ0v) is 9.30. The first-order valence-electron chi connectivity index (χ1n) is 4.79. The smallest absolute Gasteiger partial charge is 0.180 e. The fourth-order valence-electron chi connectivity index (χ4n) is 1.70. The Balaban J connectivity index is 2.65. The number of ether oxygens (including phenoxy) is 1. The molecule has 1 aliphatic rings.